The van der Waals surface area contributed by atoms with Crippen LogP contribution in [0.3, 0.4) is 0 Å². The van der Waals surface area contributed by atoms with Crippen LogP contribution in [0, 0.1) is 5.82 Å². The van der Waals surface area contributed by atoms with Gasteiger partial charge < -0.3 is 9.40 Å². The molecule has 4 nitrogen and oxygen atoms in total. The number of hydrogen-bond donors (Lipinski definition) is 1. The Hall–Kier alpha value is -2.40. The molecule has 0 aliphatic heterocycles. The van der Waals surface area contributed by atoms with E-state index in [1.165, 1.54) is 12.1 Å². The summed E-state index contributed by atoms with van der Waals surface area (Å²) in [7, 11) is 2.00. The van der Waals surface area contributed by atoms with E-state index in [0.29, 0.717) is 6.54 Å². The summed E-state index contributed by atoms with van der Waals surface area (Å²) in [6, 6.07) is 8.33. The molecule has 1 N–H and O–H groups in total. The number of imidazole rings is 1. The standard InChI is InChI=1S/C16H16FN3O/c1-20(8-2-4-13-5-3-9-21-13)11-16-18-14-7-6-12(17)10-15(14)19-16/h2-7,9-10H,8,11H2,1H3,(H,18,19). The number of aromatic amines is 1. The van der Waals surface area contributed by atoms with Crippen molar-refractivity contribution in [2.75, 3.05) is 13.6 Å². The fourth-order valence-electron chi connectivity index (χ4n) is 2.16. The molecule has 0 spiro atoms. The molecule has 0 aliphatic carbocycles. The summed E-state index contributed by atoms with van der Waals surface area (Å²) in [4.78, 5) is 9.69. The second-order valence-corrected chi connectivity index (χ2v) is 4.96. The minimum Gasteiger partial charge on any atom is -0.465 e. The van der Waals surface area contributed by atoms with Gasteiger partial charge in [0.2, 0.25) is 0 Å². The van der Waals surface area contributed by atoms with E-state index in [4.69, 9.17) is 4.42 Å². The first kappa shape index (κ1) is 13.6. The van der Waals surface area contributed by atoms with Crippen LogP contribution in [0.25, 0.3) is 17.1 Å². The minimum atomic E-state index is -0.257. The van der Waals surface area contributed by atoms with Crippen molar-refractivity contribution in [3.8, 4) is 0 Å². The van der Waals surface area contributed by atoms with E-state index in [1.807, 2.05) is 31.3 Å². The molecular weight excluding hydrogens is 269 g/mol. The second kappa shape index (κ2) is 5.93. The molecule has 0 fully saturated rings. The molecule has 5 heteroatoms. The van der Waals surface area contributed by atoms with E-state index in [9.17, 15) is 4.39 Å². The zero-order valence-corrected chi connectivity index (χ0v) is 11.7. The summed E-state index contributed by atoms with van der Waals surface area (Å²) < 4.78 is 18.4. The average Bonchev–Trinajstić information content (AvgIpc) is 3.07. The number of likely N-dealkylation sites (N-methyl/N-ethyl adjacent to an activating group) is 1. The second-order valence-electron chi connectivity index (χ2n) is 4.96. The summed E-state index contributed by atoms with van der Waals surface area (Å²) in [5.74, 6) is 1.40. The molecule has 0 radical (unpaired) electrons. The molecule has 0 saturated heterocycles. The molecule has 0 aliphatic rings. The topological polar surface area (TPSA) is 45.1 Å². The molecule has 0 unspecified atom stereocenters. The molecule has 0 saturated carbocycles. The SMILES string of the molecule is CN(CC=Cc1ccco1)Cc1nc2ccc(F)cc2[nH]1. The van der Waals surface area contributed by atoms with Crippen LogP contribution in [0.15, 0.2) is 47.1 Å². The highest BCUT2D eigenvalue weighted by atomic mass is 19.1. The lowest BCUT2D eigenvalue weighted by molar-refractivity contribution is 0.355. The Kier molecular flexibility index (Phi) is 3.83. The van der Waals surface area contributed by atoms with Crippen molar-refractivity contribution in [3.63, 3.8) is 0 Å². The van der Waals surface area contributed by atoms with Gasteiger partial charge in [0, 0.05) is 6.54 Å². The van der Waals surface area contributed by atoms with Crippen LogP contribution in [0.2, 0.25) is 0 Å². The lowest BCUT2D eigenvalue weighted by Gasteiger charge is -2.11. The van der Waals surface area contributed by atoms with Gasteiger partial charge in [0.15, 0.2) is 0 Å². The lowest BCUT2D eigenvalue weighted by atomic mass is 10.3. The van der Waals surface area contributed by atoms with Crippen molar-refractivity contribution in [2.45, 2.75) is 6.54 Å². The highest BCUT2D eigenvalue weighted by Gasteiger charge is 2.05. The molecule has 3 aromatic rings. The van der Waals surface area contributed by atoms with Gasteiger partial charge in [-0.1, -0.05) is 6.08 Å². The predicted octanol–water partition coefficient (Wildman–Crippen LogP) is 3.44. The van der Waals surface area contributed by atoms with Gasteiger partial charge in [0.05, 0.1) is 23.8 Å². The number of benzene rings is 1. The highest BCUT2D eigenvalue weighted by Crippen LogP contribution is 2.13. The van der Waals surface area contributed by atoms with Gasteiger partial charge in [-0.15, -0.1) is 0 Å². The largest absolute Gasteiger partial charge is 0.465 e. The first-order valence-electron chi connectivity index (χ1n) is 6.73. The third kappa shape index (κ3) is 3.38. The number of H-pyrrole nitrogens is 1. The van der Waals surface area contributed by atoms with E-state index >= 15 is 0 Å². The Labute approximate surface area is 121 Å². The van der Waals surface area contributed by atoms with E-state index in [-0.39, 0.29) is 5.82 Å². The van der Waals surface area contributed by atoms with Crippen molar-refractivity contribution in [2.24, 2.45) is 0 Å². The highest BCUT2D eigenvalue weighted by molar-refractivity contribution is 5.74. The number of hydrogen-bond acceptors (Lipinski definition) is 3. The molecule has 0 amide bonds. The molecular formula is C16H16FN3O. The maximum absolute atomic E-state index is 13.1. The maximum atomic E-state index is 13.1. The summed E-state index contributed by atoms with van der Waals surface area (Å²) in [6.07, 6.45) is 5.61. The van der Waals surface area contributed by atoms with Crippen LogP contribution in [0.1, 0.15) is 11.6 Å². The smallest absolute Gasteiger partial charge is 0.126 e. The Bertz CT molecular complexity index is 746. The van der Waals surface area contributed by atoms with Crippen molar-refractivity contribution in [1.82, 2.24) is 14.9 Å². The maximum Gasteiger partial charge on any atom is 0.126 e. The van der Waals surface area contributed by atoms with Gasteiger partial charge in [-0.2, -0.15) is 0 Å². The molecule has 3 rings (SSSR count). The Morgan fingerprint density at radius 2 is 2.29 bits per heavy atom. The van der Waals surface area contributed by atoms with Gasteiger partial charge in [-0.05, 0) is 43.5 Å². The van der Waals surface area contributed by atoms with Crippen LogP contribution < -0.4 is 0 Å². The van der Waals surface area contributed by atoms with E-state index in [2.05, 4.69) is 14.9 Å². The quantitative estimate of drug-likeness (QED) is 0.781. The predicted molar refractivity (Wildman–Crippen MR) is 80.1 cm³/mol. The summed E-state index contributed by atoms with van der Waals surface area (Å²) >= 11 is 0. The molecule has 0 atom stereocenters. The van der Waals surface area contributed by atoms with Crippen LogP contribution in [0.5, 0.6) is 0 Å². The van der Waals surface area contributed by atoms with Gasteiger partial charge in [-0.25, -0.2) is 9.37 Å². The molecule has 1 aromatic carbocycles. The minimum absolute atomic E-state index is 0.257. The van der Waals surface area contributed by atoms with Gasteiger partial charge in [0.1, 0.15) is 17.4 Å². The molecule has 21 heavy (non-hydrogen) atoms. The third-order valence-corrected chi connectivity index (χ3v) is 3.16. The van der Waals surface area contributed by atoms with Crippen molar-refractivity contribution in [1.29, 1.82) is 0 Å². The zero-order valence-electron chi connectivity index (χ0n) is 11.7. The number of nitrogens with zero attached hydrogens (tertiary/aromatic N) is 2. The van der Waals surface area contributed by atoms with Gasteiger partial charge in [0.25, 0.3) is 0 Å². The summed E-state index contributed by atoms with van der Waals surface area (Å²) in [5, 5.41) is 0. The lowest BCUT2D eigenvalue weighted by Crippen LogP contribution is -2.18. The molecule has 2 aromatic heterocycles. The Morgan fingerprint density at radius 3 is 3.10 bits per heavy atom. The number of aromatic nitrogens is 2. The summed E-state index contributed by atoms with van der Waals surface area (Å²) in [5.41, 5.74) is 1.51. The van der Waals surface area contributed by atoms with Crippen molar-refractivity contribution in [3.05, 3.63) is 60.1 Å². The van der Waals surface area contributed by atoms with Gasteiger partial charge in [-0.3, -0.25) is 4.90 Å². The first-order chi connectivity index (χ1) is 10.2. The molecule has 2 heterocycles. The normalized spacial score (nSPS) is 12.0. The average molecular weight is 285 g/mol. The van der Waals surface area contributed by atoms with Crippen molar-refractivity contribution >= 4 is 17.1 Å². The number of furan rings is 1. The number of halogens is 1. The number of nitrogens with one attached hydrogen (secondary N) is 1. The van der Waals surface area contributed by atoms with Crippen LogP contribution in [0.4, 0.5) is 4.39 Å². The fraction of sp³-hybridized carbons (Fsp3) is 0.188. The van der Waals surface area contributed by atoms with Crippen LogP contribution >= 0.6 is 0 Å². The van der Waals surface area contributed by atoms with E-state index < -0.39 is 0 Å². The van der Waals surface area contributed by atoms with Crippen LogP contribution in [-0.4, -0.2) is 28.5 Å². The van der Waals surface area contributed by atoms with E-state index in [0.717, 1.165) is 29.2 Å². The Morgan fingerprint density at radius 1 is 1.38 bits per heavy atom. The summed E-state index contributed by atoms with van der Waals surface area (Å²) in [6.45, 7) is 1.44. The number of rotatable bonds is 5. The number of fused-ring (bicyclic) bond motifs is 1. The van der Waals surface area contributed by atoms with Crippen LogP contribution in [-0.2, 0) is 6.54 Å². The molecule has 108 valence electrons. The van der Waals surface area contributed by atoms with Gasteiger partial charge >= 0.3 is 0 Å². The molecule has 0 bridgehead atoms. The fourth-order valence-corrected chi connectivity index (χ4v) is 2.16. The zero-order chi connectivity index (χ0) is 14.7. The first-order valence-corrected chi connectivity index (χ1v) is 6.73. The monoisotopic (exact) mass is 285 g/mol. The third-order valence-electron chi connectivity index (χ3n) is 3.16. The van der Waals surface area contributed by atoms with E-state index in [1.54, 1.807) is 12.3 Å². The Balaban J connectivity index is 1.61. The van der Waals surface area contributed by atoms with Crippen molar-refractivity contribution < 1.29 is 8.81 Å².